The van der Waals surface area contributed by atoms with Gasteiger partial charge in [0.25, 0.3) is 0 Å². The third kappa shape index (κ3) is 6.65. The summed E-state index contributed by atoms with van der Waals surface area (Å²) in [6, 6.07) is 4.63. The van der Waals surface area contributed by atoms with Crippen molar-refractivity contribution in [3.8, 4) is 5.75 Å². The van der Waals surface area contributed by atoms with Gasteiger partial charge in [0, 0.05) is 31.4 Å². The number of aryl methyl sites for hydroxylation is 1. The van der Waals surface area contributed by atoms with E-state index in [0.717, 1.165) is 6.07 Å². The Balaban J connectivity index is 1.61. The number of aliphatic hydroxyl groups is 2. The molecule has 1 unspecified atom stereocenters. The highest BCUT2D eigenvalue weighted by Gasteiger charge is 2.31. The van der Waals surface area contributed by atoms with E-state index in [1.807, 2.05) is 0 Å². The molecule has 7 nitrogen and oxygen atoms in total. The summed E-state index contributed by atoms with van der Waals surface area (Å²) in [5.41, 5.74) is 1.78. The fraction of sp³-hybridized carbons (Fsp3) is 0.364. The van der Waals surface area contributed by atoms with Gasteiger partial charge < -0.3 is 25.2 Å². The summed E-state index contributed by atoms with van der Waals surface area (Å²) in [4.78, 5) is 18.1. The number of halogens is 4. The van der Waals surface area contributed by atoms with Gasteiger partial charge in [-0.25, -0.2) is 9.18 Å². The molecule has 0 saturated carbocycles. The molecule has 3 rings (SSSR count). The molecule has 2 aromatic rings. The zero-order valence-electron chi connectivity index (χ0n) is 17.7. The Morgan fingerprint density at radius 2 is 2.09 bits per heavy atom. The molecular weight excluding hydrogens is 446 g/mol. The van der Waals surface area contributed by atoms with Gasteiger partial charge in [-0.05, 0) is 54.3 Å². The lowest BCUT2D eigenvalue weighted by molar-refractivity contribution is -0.274. The molecule has 0 radical (unpaired) electrons. The molecule has 0 bridgehead atoms. The number of urea groups is 1. The maximum Gasteiger partial charge on any atom is 0.573 e. The molecule has 1 aromatic carbocycles. The molecule has 0 aliphatic carbocycles. The number of amides is 2. The van der Waals surface area contributed by atoms with Gasteiger partial charge in [-0.3, -0.25) is 4.98 Å². The van der Waals surface area contributed by atoms with Gasteiger partial charge in [-0.15, -0.1) is 13.2 Å². The topological polar surface area (TPSA) is 94.9 Å². The molecule has 1 aliphatic heterocycles. The Morgan fingerprint density at radius 1 is 1.33 bits per heavy atom. The van der Waals surface area contributed by atoms with E-state index >= 15 is 0 Å². The second-order valence-corrected chi connectivity index (χ2v) is 7.60. The highest BCUT2D eigenvalue weighted by molar-refractivity contribution is 5.90. The Morgan fingerprint density at radius 3 is 2.67 bits per heavy atom. The molecule has 1 atom stereocenters. The van der Waals surface area contributed by atoms with Crippen molar-refractivity contribution in [2.45, 2.75) is 32.2 Å². The number of carbonyl (C=O) groups is 1. The lowest BCUT2D eigenvalue weighted by atomic mass is 10.0. The quantitative estimate of drug-likeness (QED) is 0.562. The van der Waals surface area contributed by atoms with Crippen LogP contribution in [0.3, 0.4) is 0 Å². The van der Waals surface area contributed by atoms with Crippen LogP contribution in [-0.4, -0.2) is 58.3 Å². The van der Waals surface area contributed by atoms with Crippen LogP contribution in [-0.2, 0) is 6.42 Å². The highest BCUT2D eigenvalue weighted by Crippen LogP contribution is 2.29. The monoisotopic (exact) mass is 469 g/mol. The number of aliphatic hydroxyl groups excluding tert-OH is 2. The second kappa shape index (κ2) is 10.2. The number of rotatable bonds is 6. The van der Waals surface area contributed by atoms with Crippen molar-refractivity contribution in [1.82, 2.24) is 9.88 Å². The number of anilines is 1. The van der Waals surface area contributed by atoms with Crippen LogP contribution >= 0.6 is 0 Å². The van der Waals surface area contributed by atoms with E-state index in [2.05, 4.69) is 15.0 Å². The van der Waals surface area contributed by atoms with E-state index in [9.17, 15) is 27.5 Å². The Bertz CT molecular complexity index is 1040. The van der Waals surface area contributed by atoms with Crippen LogP contribution in [0.25, 0.3) is 5.57 Å². The standard InChI is InChI=1S/C22H23F4N3O4/c1-13-8-16(2-3-19(13)33-22(24,25)26)28-21(32)29-6-4-15(5-7-29)20-18(23)10-14(11-27-20)9-17(31)12-30/h2-4,8,10-11,17,30-31H,5-7,9,12H2,1H3,(H,28,32). The lowest BCUT2D eigenvalue weighted by Gasteiger charge is -2.27. The third-order valence-electron chi connectivity index (χ3n) is 5.03. The van der Waals surface area contributed by atoms with Gasteiger partial charge in [0.2, 0.25) is 0 Å². The molecule has 33 heavy (non-hydrogen) atoms. The first-order chi connectivity index (χ1) is 15.6. The van der Waals surface area contributed by atoms with Crippen molar-refractivity contribution in [3.05, 3.63) is 59.2 Å². The molecule has 0 spiro atoms. The van der Waals surface area contributed by atoms with E-state index in [1.54, 1.807) is 6.08 Å². The first-order valence-electron chi connectivity index (χ1n) is 10.1. The smallest absolute Gasteiger partial charge is 0.406 e. The maximum atomic E-state index is 14.5. The van der Waals surface area contributed by atoms with Crippen molar-refractivity contribution < 1.29 is 37.3 Å². The van der Waals surface area contributed by atoms with E-state index in [4.69, 9.17) is 5.11 Å². The number of hydrogen-bond donors (Lipinski definition) is 3. The lowest BCUT2D eigenvalue weighted by Crippen LogP contribution is -2.38. The molecule has 178 valence electrons. The van der Waals surface area contributed by atoms with E-state index in [-0.39, 0.29) is 36.5 Å². The predicted octanol–water partition coefficient (Wildman–Crippen LogP) is 3.64. The zero-order chi connectivity index (χ0) is 24.2. The summed E-state index contributed by atoms with van der Waals surface area (Å²) in [5, 5.41) is 21.0. The normalized spacial score (nSPS) is 15.1. The minimum Gasteiger partial charge on any atom is -0.406 e. The van der Waals surface area contributed by atoms with Gasteiger partial charge in [0.15, 0.2) is 0 Å². The maximum absolute atomic E-state index is 14.5. The van der Waals surface area contributed by atoms with Gasteiger partial charge in [-0.1, -0.05) is 6.08 Å². The number of carbonyl (C=O) groups excluding carboxylic acids is 1. The van der Waals surface area contributed by atoms with Crippen LogP contribution in [0.1, 0.15) is 23.2 Å². The van der Waals surface area contributed by atoms with Crippen molar-refractivity contribution in [1.29, 1.82) is 0 Å². The minimum absolute atomic E-state index is 0.0798. The molecule has 0 fully saturated rings. The number of aromatic nitrogens is 1. The Kier molecular flexibility index (Phi) is 7.54. The summed E-state index contributed by atoms with van der Waals surface area (Å²) >= 11 is 0. The van der Waals surface area contributed by atoms with Gasteiger partial charge in [0.05, 0.1) is 12.7 Å². The summed E-state index contributed by atoms with van der Waals surface area (Å²) in [7, 11) is 0. The van der Waals surface area contributed by atoms with Crippen molar-refractivity contribution >= 4 is 17.3 Å². The van der Waals surface area contributed by atoms with Crippen LogP contribution in [0.4, 0.5) is 28.0 Å². The van der Waals surface area contributed by atoms with Gasteiger partial charge in [-0.2, -0.15) is 0 Å². The largest absolute Gasteiger partial charge is 0.573 e. The summed E-state index contributed by atoms with van der Waals surface area (Å²) in [6.45, 7) is 1.49. The van der Waals surface area contributed by atoms with Crippen molar-refractivity contribution in [2.75, 3.05) is 25.0 Å². The van der Waals surface area contributed by atoms with E-state index in [1.165, 1.54) is 36.2 Å². The first kappa shape index (κ1) is 24.5. The fourth-order valence-electron chi connectivity index (χ4n) is 3.40. The molecule has 2 amide bonds. The highest BCUT2D eigenvalue weighted by atomic mass is 19.4. The second-order valence-electron chi connectivity index (χ2n) is 7.60. The Hall–Kier alpha value is -3.18. The number of nitrogens with zero attached hydrogens (tertiary/aromatic N) is 2. The van der Waals surface area contributed by atoms with Crippen LogP contribution in [0.15, 0.2) is 36.5 Å². The van der Waals surface area contributed by atoms with Crippen LogP contribution < -0.4 is 10.1 Å². The minimum atomic E-state index is -4.80. The summed E-state index contributed by atoms with van der Waals surface area (Å²) < 4.78 is 55.6. The molecule has 0 saturated heterocycles. The number of alkyl halides is 3. The first-order valence-corrected chi connectivity index (χ1v) is 10.1. The van der Waals surface area contributed by atoms with Crippen LogP contribution in [0.5, 0.6) is 5.75 Å². The molecule has 1 aliphatic rings. The summed E-state index contributed by atoms with van der Waals surface area (Å²) in [6.07, 6.45) is -2.24. The van der Waals surface area contributed by atoms with Crippen molar-refractivity contribution in [3.63, 3.8) is 0 Å². The van der Waals surface area contributed by atoms with Crippen LogP contribution in [0, 0.1) is 12.7 Å². The van der Waals surface area contributed by atoms with E-state index < -0.39 is 30.9 Å². The number of ether oxygens (including phenoxy) is 1. The molecule has 1 aromatic heterocycles. The number of pyridine rings is 1. The van der Waals surface area contributed by atoms with E-state index in [0.29, 0.717) is 23.2 Å². The van der Waals surface area contributed by atoms with Gasteiger partial charge >= 0.3 is 12.4 Å². The Labute approximate surface area is 187 Å². The average molecular weight is 469 g/mol. The third-order valence-corrected chi connectivity index (χ3v) is 5.03. The number of nitrogens with one attached hydrogen (secondary N) is 1. The fourth-order valence-corrected chi connectivity index (χ4v) is 3.40. The van der Waals surface area contributed by atoms with Crippen molar-refractivity contribution in [2.24, 2.45) is 0 Å². The molecule has 2 heterocycles. The number of benzene rings is 1. The zero-order valence-corrected chi connectivity index (χ0v) is 17.7. The SMILES string of the molecule is Cc1cc(NC(=O)N2CC=C(c3ncc(CC(O)CO)cc3F)CC2)ccc1OC(F)(F)F. The van der Waals surface area contributed by atoms with Crippen LogP contribution in [0.2, 0.25) is 0 Å². The molecule has 3 N–H and O–H groups in total. The predicted molar refractivity (Wildman–Crippen MR) is 112 cm³/mol. The number of hydrogen-bond acceptors (Lipinski definition) is 5. The van der Waals surface area contributed by atoms with Gasteiger partial charge in [0.1, 0.15) is 17.3 Å². The molecule has 11 heteroatoms. The average Bonchev–Trinajstić information content (AvgIpc) is 2.75. The molecular formula is C22H23F4N3O4. The summed E-state index contributed by atoms with van der Waals surface area (Å²) in [5.74, 6) is -0.907.